The summed E-state index contributed by atoms with van der Waals surface area (Å²) >= 11 is 9.04. The van der Waals surface area contributed by atoms with Gasteiger partial charge in [0.05, 0.1) is 20.2 Å². The fraction of sp³-hybridized carbons (Fsp3) is 0. The lowest BCUT2D eigenvalue weighted by Crippen LogP contribution is -1.73. The SMILES string of the molecule is N#Cc1ccc(Sc2ccc(Cl)s2)cc1. The average Bonchev–Trinajstić information content (AvgIpc) is 2.65. The van der Waals surface area contributed by atoms with E-state index in [1.807, 2.05) is 36.4 Å². The molecule has 0 saturated heterocycles. The monoisotopic (exact) mass is 251 g/mol. The first-order chi connectivity index (χ1) is 7.28. The Labute approximate surface area is 101 Å². The van der Waals surface area contributed by atoms with Crippen LogP contribution >= 0.6 is 34.7 Å². The number of hydrogen-bond acceptors (Lipinski definition) is 3. The molecule has 0 bridgehead atoms. The first-order valence-corrected chi connectivity index (χ1v) is 6.22. The third-order valence-corrected chi connectivity index (χ3v) is 4.12. The molecule has 1 heterocycles. The Morgan fingerprint density at radius 2 is 1.87 bits per heavy atom. The molecule has 1 aromatic heterocycles. The van der Waals surface area contributed by atoms with Crippen molar-refractivity contribution in [3.63, 3.8) is 0 Å². The highest BCUT2D eigenvalue weighted by Gasteiger charge is 2.00. The van der Waals surface area contributed by atoms with Crippen molar-refractivity contribution in [3.05, 3.63) is 46.3 Å². The predicted octanol–water partition coefficient (Wildman–Crippen LogP) is 4.42. The summed E-state index contributed by atoms with van der Waals surface area (Å²) in [6.45, 7) is 0. The zero-order valence-electron chi connectivity index (χ0n) is 7.61. The molecule has 0 atom stereocenters. The van der Waals surface area contributed by atoms with Crippen molar-refractivity contribution >= 4 is 34.7 Å². The summed E-state index contributed by atoms with van der Waals surface area (Å²) in [4.78, 5) is 1.12. The van der Waals surface area contributed by atoms with Gasteiger partial charge in [0.25, 0.3) is 0 Å². The van der Waals surface area contributed by atoms with E-state index in [4.69, 9.17) is 16.9 Å². The van der Waals surface area contributed by atoms with Crippen LogP contribution in [0.4, 0.5) is 0 Å². The van der Waals surface area contributed by atoms with Crippen molar-refractivity contribution in [1.82, 2.24) is 0 Å². The molecular formula is C11H6ClNS2. The molecule has 0 radical (unpaired) electrons. The van der Waals surface area contributed by atoms with Gasteiger partial charge in [-0.15, -0.1) is 11.3 Å². The van der Waals surface area contributed by atoms with Gasteiger partial charge in [0.15, 0.2) is 0 Å². The Morgan fingerprint density at radius 3 is 2.40 bits per heavy atom. The topological polar surface area (TPSA) is 23.8 Å². The van der Waals surface area contributed by atoms with Crippen molar-refractivity contribution in [2.45, 2.75) is 9.10 Å². The molecule has 0 spiro atoms. The van der Waals surface area contributed by atoms with Crippen LogP contribution in [0.5, 0.6) is 0 Å². The number of thiophene rings is 1. The van der Waals surface area contributed by atoms with Crippen molar-refractivity contribution < 1.29 is 0 Å². The Morgan fingerprint density at radius 1 is 1.13 bits per heavy atom. The van der Waals surface area contributed by atoms with Gasteiger partial charge in [-0.25, -0.2) is 0 Å². The normalized spacial score (nSPS) is 9.87. The standard InChI is InChI=1S/C11H6ClNS2/c12-10-5-6-11(15-10)14-9-3-1-8(7-13)2-4-9/h1-6H. The minimum atomic E-state index is 0.684. The van der Waals surface area contributed by atoms with Crippen molar-refractivity contribution in [1.29, 1.82) is 5.26 Å². The molecule has 0 fully saturated rings. The van der Waals surface area contributed by atoms with Gasteiger partial charge in [0.1, 0.15) is 0 Å². The number of benzene rings is 1. The lowest BCUT2D eigenvalue weighted by atomic mass is 10.2. The summed E-state index contributed by atoms with van der Waals surface area (Å²) in [6, 6.07) is 13.5. The molecule has 0 unspecified atom stereocenters. The quantitative estimate of drug-likeness (QED) is 0.789. The lowest BCUT2D eigenvalue weighted by Gasteiger charge is -1.97. The Kier molecular flexibility index (Phi) is 3.32. The molecule has 15 heavy (non-hydrogen) atoms. The summed E-state index contributed by atoms with van der Waals surface area (Å²) in [7, 11) is 0. The highest BCUT2D eigenvalue weighted by molar-refractivity contribution is 8.01. The number of nitrogens with zero attached hydrogens (tertiary/aromatic N) is 1. The number of rotatable bonds is 2. The molecule has 0 N–H and O–H groups in total. The second kappa shape index (κ2) is 4.71. The van der Waals surface area contributed by atoms with E-state index in [-0.39, 0.29) is 0 Å². The largest absolute Gasteiger partial charge is 0.192 e. The van der Waals surface area contributed by atoms with Crippen molar-refractivity contribution in [3.8, 4) is 6.07 Å². The average molecular weight is 252 g/mol. The molecule has 74 valence electrons. The van der Waals surface area contributed by atoms with Gasteiger partial charge < -0.3 is 0 Å². The van der Waals surface area contributed by atoms with Gasteiger partial charge in [0, 0.05) is 4.90 Å². The second-order valence-corrected chi connectivity index (χ2v) is 5.89. The summed E-state index contributed by atoms with van der Waals surface area (Å²) in [5.41, 5.74) is 0.684. The Bertz CT molecular complexity index is 496. The fourth-order valence-electron chi connectivity index (χ4n) is 1.07. The maximum atomic E-state index is 8.65. The van der Waals surface area contributed by atoms with Crippen LogP contribution in [0.3, 0.4) is 0 Å². The second-order valence-electron chi connectivity index (χ2n) is 2.80. The van der Waals surface area contributed by atoms with Crippen molar-refractivity contribution in [2.75, 3.05) is 0 Å². The van der Waals surface area contributed by atoms with Gasteiger partial charge in [-0.1, -0.05) is 23.4 Å². The highest BCUT2D eigenvalue weighted by Crippen LogP contribution is 2.35. The van der Waals surface area contributed by atoms with Crippen LogP contribution in [0.1, 0.15) is 5.56 Å². The van der Waals surface area contributed by atoms with Crippen LogP contribution in [0.2, 0.25) is 4.34 Å². The highest BCUT2D eigenvalue weighted by atomic mass is 35.5. The van der Waals surface area contributed by atoms with Gasteiger partial charge >= 0.3 is 0 Å². The first kappa shape index (κ1) is 10.6. The minimum Gasteiger partial charge on any atom is -0.192 e. The van der Waals surface area contributed by atoms with E-state index in [9.17, 15) is 0 Å². The first-order valence-electron chi connectivity index (χ1n) is 4.21. The van der Waals surface area contributed by atoms with E-state index in [0.29, 0.717) is 5.56 Å². The van der Waals surface area contributed by atoms with E-state index in [0.717, 1.165) is 13.4 Å². The molecule has 2 rings (SSSR count). The molecule has 4 heteroatoms. The van der Waals surface area contributed by atoms with E-state index in [1.165, 1.54) is 0 Å². The maximum Gasteiger partial charge on any atom is 0.0991 e. The molecule has 0 saturated carbocycles. The van der Waals surface area contributed by atoms with Gasteiger partial charge in [-0.2, -0.15) is 5.26 Å². The summed E-state index contributed by atoms with van der Waals surface area (Å²) < 4.78 is 1.95. The van der Waals surface area contributed by atoms with E-state index in [2.05, 4.69) is 6.07 Å². The maximum absolute atomic E-state index is 8.65. The zero-order valence-corrected chi connectivity index (χ0v) is 9.99. The van der Waals surface area contributed by atoms with E-state index >= 15 is 0 Å². The zero-order chi connectivity index (χ0) is 10.7. The van der Waals surface area contributed by atoms with Crippen molar-refractivity contribution in [2.24, 2.45) is 0 Å². The number of hydrogen-bond donors (Lipinski definition) is 0. The predicted molar refractivity (Wildman–Crippen MR) is 64.6 cm³/mol. The van der Waals surface area contributed by atoms with Gasteiger partial charge in [-0.3, -0.25) is 0 Å². The number of halogens is 1. The molecule has 0 aliphatic heterocycles. The van der Waals surface area contributed by atoms with Crippen LogP contribution in [0.25, 0.3) is 0 Å². The smallest absolute Gasteiger partial charge is 0.0991 e. The fourth-order valence-corrected chi connectivity index (χ4v) is 3.35. The van der Waals surface area contributed by atoms with Crippen LogP contribution in [-0.4, -0.2) is 0 Å². The van der Waals surface area contributed by atoms with Gasteiger partial charge in [-0.05, 0) is 36.4 Å². The summed E-state index contributed by atoms with van der Waals surface area (Å²) in [6.07, 6.45) is 0. The molecule has 0 amide bonds. The molecule has 0 aliphatic carbocycles. The van der Waals surface area contributed by atoms with E-state index < -0.39 is 0 Å². The third-order valence-electron chi connectivity index (χ3n) is 1.75. The Balaban J connectivity index is 2.15. The molecule has 2 aromatic rings. The summed E-state index contributed by atoms with van der Waals surface area (Å²) in [5.74, 6) is 0. The minimum absolute atomic E-state index is 0.684. The Hall–Kier alpha value is -0.950. The molecule has 0 aliphatic rings. The van der Waals surface area contributed by atoms with Gasteiger partial charge in [0.2, 0.25) is 0 Å². The van der Waals surface area contributed by atoms with Crippen LogP contribution in [0, 0.1) is 11.3 Å². The van der Waals surface area contributed by atoms with Crippen LogP contribution < -0.4 is 0 Å². The lowest BCUT2D eigenvalue weighted by molar-refractivity contribution is 1.41. The third kappa shape index (κ3) is 2.75. The number of nitriles is 1. The molecule has 1 nitrogen and oxygen atoms in total. The van der Waals surface area contributed by atoms with E-state index in [1.54, 1.807) is 23.1 Å². The molecular weight excluding hydrogens is 246 g/mol. The molecule has 1 aromatic carbocycles. The van der Waals surface area contributed by atoms with Crippen LogP contribution in [0.15, 0.2) is 45.5 Å². The van der Waals surface area contributed by atoms with Crippen LogP contribution in [-0.2, 0) is 0 Å². The summed E-state index contributed by atoms with van der Waals surface area (Å²) in [5, 5.41) is 8.65.